The number of carbonyl (C=O) groups excluding carboxylic acids is 1. The number of rotatable bonds is 3. The Morgan fingerprint density at radius 1 is 1.14 bits per heavy atom. The van der Waals surface area contributed by atoms with Gasteiger partial charge < -0.3 is 9.72 Å². The second-order valence-corrected chi connectivity index (χ2v) is 5.75. The van der Waals surface area contributed by atoms with Gasteiger partial charge in [0.25, 0.3) is 5.56 Å². The third-order valence-electron chi connectivity index (χ3n) is 3.10. The molecular weight excluding hydrogens is 395 g/mol. The van der Waals surface area contributed by atoms with Crippen LogP contribution in [-0.2, 0) is 11.3 Å². The summed E-state index contributed by atoms with van der Waals surface area (Å²) in [6.07, 6.45) is 0. The van der Waals surface area contributed by atoms with Gasteiger partial charge in [-0.25, -0.2) is 9.78 Å². The number of esters is 1. The molecular formula is C16H11IN2O3. The summed E-state index contributed by atoms with van der Waals surface area (Å²) in [5, 5.41) is 0.509. The molecule has 0 amide bonds. The van der Waals surface area contributed by atoms with Crippen molar-refractivity contribution in [2.45, 2.75) is 6.61 Å². The van der Waals surface area contributed by atoms with Crippen LogP contribution in [0.1, 0.15) is 16.2 Å². The Hall–Kier alpha value is -2.22. The molecule has 2 aromatic carbocycles. The van der Waals surface area contributed by atoms with Crippen molar-refractivity contribution in [2.75, 3.05) is 0 Å². The van der Waals surface area contributed by atoms with Gasteiger partial charge in [-0.2, -0.15) is 0 Å². The van der Waals surface area contributed by atoms with Crippen molar-refractivity contribution in [3.05, 3.63) is 73.8 Å². The molecule has 0 aliphatic carbocycles. The first-order chi connectivity index (χ1) is 10.6. The van der Waals surface area contributed by atoms with Gasteiger partial charge in [-0.05, 0) is 46.9 Å². The average molecular weight is 406 g/mol. The molecule has 22 heavy (non-hydrogen) atoms. The van der Waals surface area contributed by atoms with Crippen molar-refractivity contribution < 1.29 is 9.53 Å². The fourth-order valence-corrected chi connectivity index (χ4v) is 2.65. The summed E-state index contributed by atoms with van der Waals surface area (Å²) in [5.74, 6) is -0.121. The molecule has 6 heteroatoms. The Morgan fingerprint density at radius 2 is 1.86 bits per heavy atom. The number of carbonyl (C=O) groups is 1. The molecule has 1 N–H and O–H groups in total. The smallest absolute Gasteiger partial charge is 0.339 e. The zero-order chi connectivity index (χ0) is 15.5. The Kier molecular flexibility index (Phi) is 4.19. The lowest BCUT2D eigenvalue weighted by atomic mass is 10.2. The van der Waals surface area contributed by atoms with Crippen LogP contribution in [0.15, 0.2) is 53.3 Å². The largest absolute Gasteiger partial charge is 0.454 e. The molecule has 1 heterocycles. The molecule has 0 unspecified atom stereocenters. The van der Waals surface area contributed by atoms with Gasteiger partial charge in [-0.15, -0.1) is 0 Å². The van der Waals surface area contributed by atoms with Crippen LogP contribution in [0, 0.1) is 3.57 Å². The van der Waals surface area contributed by atoms with Crippen molar-refractivity contribution >= 4 is 39.5 Å². The molecule has 0 saturated heterocycles. The first-order valence-electron chi connectivity index (χ1n) is 6.55. The minimum atomic E-state index is -0.444. The zero-order valence-electron chi connectivity index (χ0n) is 11.4. The minimum absolute atomic E-state index is 0.0795. The number of ether oxygens (including phenoxy) is 1. The highest BCUT2D eigenvalue weighted by Gasteiger charge is 2.12. The Morgan fingerprint density at radius 3 is 2.68 bits per heavy atom. The topological polar surface area (TPSA) is 72.0 Å². The third kappa shape index (κ3) is 3.01. The van der Waals surface area contributed by atoms with Gasteiger partial charge in [-0.1, -0.05) is 24.3 Å². The number of halogens is 1. The predicted octanol–water partition coefficient (Wildman–Crippen LogP) is 2.88. The van der Waals surface area contributed by atoms with Gasteiger partial charge in [0, 0.05) is 3.57 Å². The van der Waals surface area contributed by atoms with E-state index in [0.29, 0.717) is 22.3 Å². The number of fused-ring (bicyclic) bond motifs is 1. The SMILES string of the molecule is O=C(OCc1nc2ccccc2c(=O)[nH]1)c1ccccc1I. The number of para-hydroxylation sites is 1. The average Bonchev–Trinajstić information content (AvgIpc) is 2.53. The Labute approximate surface area is 139 Å². The summed E-state index contributed by atoms with van der Waals surface area (Å²) in [5.41, 5.74) is 0.823. The maximum absolute atomic E-state index is 12.0. The van der Waals surface area contributed by atoms with Gasteiger partial charge in [0.05, 0.1) is 16.5 Å². The molecule has 0 spiro atoms. The monoisotopic (exact) mass is 406 g/mol. The van der Waals surface area contributed by atoms with E-state index in [2.05, 4.69) is 32.6 Å². The molecule has 110 valence electrons. The predicted molar refractivity (Wildman–Crippen MR) is 90.6 cm³/mol. The highest BCUT2D eigenvalue weighted by molar-refractivity contribution is 14.1. The highest BCUT2D eigenvalue weighted by Crippen LogP contribution is 2.13. The van der Waals surface area contributed by atoms with E-state index in [1.165, 1.54) is 0 Å². The van der Waals surface area contributed by atoms with E-state index in [1.807, 2.05) is 12.1 Å². The molecule has 5 nitrogen and oxygen atoms in total. The van der Waals surface area contributed by atoms with Crippen molar-refractivity contribution in [3.63, 3.8) is 0 Å². The van der Waals surface area contributed by atoms with E-state index < -0.39 is 5.97 Å². The quantitative estimate of drug-likeness (QED) is 0.537. The maximum Gasteiger partial charge on any atom is 0.339 e. The number of benzene rings is 2. The fourth-order valence-electron chi connectivity index (χ4n) is 2.04. The third-order valence-corrected chi connectivity index (χ3v) is 4.04. The van der Waals surface area contributed by atoms with E-state index in [0.717, 1.165) is 3.57 Å². The number of hydrogen-bond acceptors (Lipinski definition) is 4. The molecule has 3 rings (SSSR count). The van der Waals surface area contributed by atoms with Gasteiger partial charge in [0.2, 0.25) is 0 Å². The van der Waals surface area contributed by atoms with Crippen molar-refractivity contribution in [1.82, 2.24) is 9.97 Å². The van der Waals surface area contributed by atoms with E-state index in [1.54, 1.807) is 36.4 Å². The molecule has 0 aliphatic rings. The van der Waals surface area contributed by atoms with Crippen LogP contribution in [0.2, 0.25) is 0 Å². The molecule has 3 aromatic rings. The number of hydrogen-bond donors (Lipinski definition) is 1. The normalized spacial score (nSPS) is 10.6. The summed E-state index contributed by atoms with van der Waals surface area (Å²) < 4.78 is 6.03. The van der Waals surface area contributed by atoms with Crippen LogP contribution in [0.25, 0.3) is 10.9 Å². The van der Waals surface area contributed by atoms with Crippen molar-refractivity contribution in [1.29, 1.82) is 0 Å². The van der Waals surface area contributed by atoms with Crippen LogP contribution in [0.3, 0.4) is 0 Å². The lowest BCUT2D eigenvalue weighted by Gasteiger charge is -2.06. The van der Waals surface area contributed by atoms with E-state index >= 15 is 0 Å². The first-order valence-corrected chi connectivity index (χ1v) is 7.62. The lowest BCUT2D eigenvalue weighted by Crippen LogP contribution is -2.14. The van der Waals surface area contributed by atoms with E-state index in [9.17, 15) is 9.59 Å². The van der Waals surface area contributed by atoms with Gasteiger partial charge in [-0.3, -0.25) is 4.79 Å². The molecule has 0 fully saturated rings. The molecule has 0 radical (unpaired) electrons. The zero-order valence-corrected chi connectivity index (χ0v) is 13.5. The molecule has 0 atom stereocenters. The van der Waals surface area contributed by atoms with E-state index in [-0.39, 0.29) is 12.2 Å². The second kappa shape index (κ2) is 6.27. The van der Waals surface area contributed by atoms with Gasteiger partial charge >= 0.3 is 5.97 Å². The van der Waals surface area contributed by atoms with Crippen LogP contribution in [-0.4, -0.2) is 15.9 Å². The summed E-state index contributed by atoms with van der Waals surface area (Å²) in [4.78, 5) is 30.9. The Balaban J connectivity index is 1.81. The number of H-pyrrole nitrogens is 1. The maximum atomic E-state index is 12.0. The Bertz CT molecular complexity index is 905. The lowest BCUT2D eigenvalue weighted by molar-refractivity contribution is 0.0461. The minimum Gasteiger partial charge on any atom is -0.454 e. The van der Waals surface area contributed by atoms with Crippen molar-refractivity contribution in [2.24, 2.45) is 0 Å². The molecule has 0 aliphatic heterocycles. The molecule has 0 bridgehead atoms. The van der Waals surface area contributed by atoms with Gasteiger partial charge in [0.1, 0.15) is 12.4 Å². The summed E-state index contributed by atoms with van der Waals surface area (Å²) in [7, 11) is 0. The standard InChI is InChI=1S/C16H11IN2O3/c17-12-7-3-1-5-10(12)16(21)22-9-14-18-13-8-4-2-6-11(13)15(20)19-14/h1-8H,9H2,(H,18,19,20). The highest BCUT2D eigenvalue weighted by atomic mass is 127. The van der Waals surface area contributed by atoms with E-state index in [4.69, 9.17) is 4.74 Å². The number of aromatic nitrogens is 2. The van der Waals surface area contributed by atoms with Crippen molar-refractivity contribution in [3.8, 4) is 0 Å². The van der Waals surface area contributed by atoms with Gasteiger partial charge in [0.15, 0.2) is 0 Å². The summed E-state index contributed by atoms with van der Waals surface area (Å²) in [6, 6.07) is 14.2. The molecule has 0 saturated carbocycles. The number of nitrogens with one attached hydrogen (secondary N) is 1. The van der Waals surface area contributed by atoms with Crippen LogP contribution < -0.4 is 5.56 Å². The van der Waals surface area contributed by atoms with Crippen LogP contribution >= 0.6 is 22.6 Å². The van der Waals surface area contributed by atoms with Crippen LogP contribution in [0.4, 0.5) is 0 Å². The second-order valence-electron chi connectivity index (χ2n) is 4.59. The summed E-state index contributed by atoms with van der Waals surface area (Å²) >= 11 is 2.07. The summed E-state index contributed by atoms with van der Waals surface area (Å²) in [6.45, 7) is -0.0795. The fraction of sp³-hybridized carbons (Fsp3) is 0.0625. The molecule has 1 aromatic heterocycles. The number of nitrogens with zero attached hydrogens (tertiary/aromatic N) is 1. The first kappa shape index (κ1) is 14.7. The van der Waals surface area contributed by atoms with Crippen LogP contribution in [0.5, 0.6) is 0 Å². The number of aromatic amines is 1.